The van der Waals surface area contributed by atoms with E-state index in [9.17, 15) is 9.59 Å². The van der Waals surface area contributed by atoms with Crippen molar-refractivity contribution in [1.29, 1.82) is 0 Å². The molecule has 152 valence electrons. The largest absolute Gasteiger partial charge is 0.336 e. The second kappa shape index (κ2) is 7.62. The summed E-state index contributed by atoms with van der Waals surface area (Å²) in [6, 6.07) is 11.9. The number of benzene rings is 1. The van der Waals surface area contributed by atoms with E-state index in [1.807, 2.05) is 23.1 Å². The highest BCUT2D eigenvalue weighted by atomic mass is 32.1. The van der Waals surface area contributed by atoms with Crippen LogP contribution in [0.4, 0.5) is 0 Å². The Morgan fingerprint density at radius 1 is 1.13 bits per heavy atom. The molecule has 0 aliphatic carbocycles. The molecule has 1 saturated heterocycles. The lowest BCUT2D eigenvalue weighted by Gasteiger charge is -2.37. The van der Waals surface area contributed by atoms with Crippen LogP contribution in [0.3, 0.4) is 0 Å². The first-order valence-corrected chi connectivity index (χ1v) is 10.8. The molecule has 1 unspecified atom stereocenters. The third kappa shape index (κ3) is 3.28. The van der Waals surface area contributed by atoms with Crippen LogP contribution in [-0.2, 0) is 0 Å². The molecular weight excluding hydrogens is 398 g/mol. The number of pyridine rings is 2. The van der Waals surface area contributed by atoms with Gasteiger partial charge in [0.2, 0.25) is 0 Å². The summed E-state index contributed by atoms with van der Waals surface area (Å²) >= 11 is 1.73. The Morgan fingerprint density at radius 3 is 2.73 bits per heavy atom. The first kappa shape index (κ1) is 18.9. The Balaban J connectivity index is 1.32. The number of H-pyrrole nitrogens is 1. The molecule has 0 radical (unpaired) electrons. The van der Waals surface area contributed by atoms with Gasteiger partial charge in [0.05, 0.1) is 21.8 Å². The summed E-state index contributed by atoms with van der Waals surface area (Å²) in [6.07, 6.45) is 3.07. The first-order valence-electron chi connectivity index (χ1n) is 9.97. The molecule has 1 atom stereocenters. The zero-order valence-electron chi connectivity index (χ0n) is 16.5. The molecule has 4 aromatic rings. The van der Waals surface area contributed by atoms with E-state index in [2.05, 4.69) is 27.9 Å². The first-order chi connectivity index (χ1) is 14.6. The van der Waals surface area contributed by atoms with E-state index in [-0.39, 0.29) is 17.5 Å². The monoisotopic (exact) mass is 419 g/mol. The highest BCUT2D eigenvalue weighted by molar-refractivity contribution is 7.18. The highest BCUT2D eigenvalue weighted by Crippen LogP contribution is 2.30. The number of nitrogens with one attached hydrogen (secondary N) is 1. The predicted molar refractivity (Wildman–Crippen MR) is 118 cm³/mol. The van der Waals surface area contributed by atoms with Gasteiger partial charge in [-0.25, -0.2) is 4.98 Å². The van der Waals surface area contributed by atoms with Crippen LogP contribution in [0.1, 0.15) is 28.3 Å². The standard InChI is InChI=1S/C22H21N5O2S/c1-14(21-25-17-6-2-3-7-18(17)30-21)26-9-11-27(12-10-26)22(29)16-13-24-20(28)19-15(16)5-4-8-23-19/h2-8,13-14H,9-12H2,1H3,(H,24,28). The average Bonchev–Trinajstić information content (AvgIpc) is 3.23. The predicted octanol–water partition coefficient (Wildman–Crippen LogP) is 3.05. The Hall–Kier alpha value is -3.10. The number of rotatable bonds is 3. The normalized spacial score (nSPS) is 16.2. The van der Waals surface area contributed by atoms with E-state index < -0.39 is 0 Å². The Kier molecular flexibility index (Phi) is 4.80. The number of fused-ring (bicyclic) bond motifs is 2. The van der Waals surface area contributed by atoms with Gasteiger partial charge in [0, 0.05) is 44.0 Å². The summed E-state index contributed by atoms with van der Waals surface area (Å²) in [5, 5.41) is 1.70. The van der Waals surface area contributed by atoms with Crippen LogP contribution >= 0.6 is 11.3 Å². The van der Waals surface area contributed by atoms with E-state index in [0.717, 1.165) is 23.6 Å². The minimum absolute atomic E-state index is 0.0726. The molecule has 0 bridgehead atoms. The Labute approximate surface area is 177 Å². The number of piperazine rings is 1. The van der Waals surface area contributed by atoms with Gasteiger partial charge in [-0.15, -0.1) is 11.3 Å². The van der Waals surface area contributed by atoms with Crippen molar-refractivity contribution in [2.24, 2.45) is 0 Å². The molecule has 1 N–H and O–H groups in total. The van der Waals surface area contributed by atoms with Gasteiger partial charge in [0.1, 0.15) is 10.5 Å². The summed E-state index contributed by atoms with van der Waals surface area (Å²) in [5.41, 5.74) is 1.55. The van der Waals surface area contributed by atoms with Crippen molar-refractivity contribution in [2.45, 2.75) is 13.0 Å². The van der Waals surface area contributed by atoms with Crippen LogP contribution in [0, 0.1) is 0 Å². The number of para-hydroxylation sites is 1. The van der Waals surface area contributed by atoms with Crippen LogP contribution in [-0.4, -0.2) is 56.8 Å². The number of carbonyl (C=O) groups excluding carboxylic acids is 1. The quantitative estimate of drug-likeness (QED) is 0.552. The number of aromatic amines is 1. The summed E-state index contributed by atoms with van der Waals surface area (Å²) in [5.74, 6) is -0.0726. The fraction of sp³-hybridized carbons (Fsp3) is 0.273. The highest BCUT2D eigenvalue weighted by Gasteiger charge is 2.27. The topological polar surface area (TPSA) is 82.2 Å². The Bertz CT molecular complexity index is 1260. The van der Waals surface area contributed by atoms with Gasteiger partial charge in [-0.3, -0.25) is 19.5 Å². The lowest BCUT2D eigenvalue weighted by molar-refractivity contribution is 0.0583. The fourth-order valence-corrected chi connectivity index (χ4v) is 5.03. The maximum Gasteiger partial charge on any atom is 0.274 e. The van der Waals surface area contributed by atoms with Gasteiger partial charge in [-0.1, -0.05) is 18.2 Å². The lowest BCUT2D eigenvalue weighted by atomic mass is 10.1. The maximum atomic E-state index is 13.1. The van der Waals surface area contributed by atoms with Gasteiger partial charge in [0.15, 0.2) is 0 Å². The molecule has 7 nitrogen and oxygen atoms in total. The van der Waals surface area contributed by atoms with E-state index in [0.29, 0.717) is 29.6 Å². The molecule has 0 spiro atoms. The fourth-order valence-electron chi connectivity index (χ4n) is 3.97. The number of nitrogens with zero attached hydrogens (tertiary/aromatic N) is 4. The van der Waals surface area contributed by atoms with E-state index >= 15 is 0 Å². The molecule has 1 amide bonds. The molecule has 3 aromatic heterocycles. The smallest absolute Gasteiger partial charge is 0.274 e. The van der Waals surface area contributed by atoms with Crippen molar-refractivity contribution in [2.75, 3.05) is 26.2 Å². The van der Waals surface area contributed by atoms with Crippen molar-refractivity contribution in [3.8, 4) is 0 Å². The third-order valence-corrected chi connectivity index (χ3v) is 6.91. The minimum Gasteiger partial charge on any atom is -0.336 e. The van der Waals surface area contributed by atoms with E-state index in [4.69, 9.17) is 4.98 Å². The Morgan fingerprint density at radius 2 is 1.93 bits per heavy atom. The SMILES string of the molecule is CC(c1nc2ccccc2s1)N1CCN(C(=O)c2c[nH]c(=O)c3ncccc23)CC1. The minimum atomic E-state index is -0.281. The van der Waals surface area contributed by atoms with E-state index in [1.54, 1.807) is 29.7 Å². The lowest BCUT2D eigenvalue weighted by Crippen LogP contribution is -2.49. The molecular formula is C22H21N5O2S. The van der Waals surface area contributed by atoms with Gasteiger partial charge in [0.25, 0.3) is 11.5 Å². The third-order valence-electron chi connectivity index (χ3n) is 5.71. The second-order valence-electron chi connectivity index (χ2n) is 7.46. The van der Waals surface area contributed by atoms with Crippen LogP contribution in [0.2, 0.25) is 0 Å². The molecule has 1 aromatic carbocycles. The molecule has 0 saturated carbocycles. The van der Waals surface area contributed by atoms with Crippen molar-refractivity contribution in [3.05, 3.63) is 69.7 Å². The molecule has 5 rings (SSSR count). The zero-order valence-corrected chi connectivity index (χ0v) is 17.4. The summed E-state index contributed by atoms with van der Waals surface area (Å²) in [7, 11) is 0. The second-order valence-corrected chi connectivity index (χ2v) is 8.52. The zero-order chi connectivity index (χ0) is 20.7. The van der Waals surface area contributed by atoms with Gasteiger partial charge in [-0.2, -0.15) is 0 Å². The van der Waals surface area contributed by atoms with E-state index in [1.165, 1.54) is 10.9 Å². The number of hydrogen-bond donors (Lipinski definition) is 1. The molecule has 1 aliphatic rings. The van der Waals surface area contributed by atoms with Crippen LogP contribution in [0.5, 0.6) is 0 Å². The summed E-state index contributed by atoms with van der Waals surface area (Å²) < 4.78 is 1.20. The molecule has 1 aliphatic heterocycles. The average molecular weight is 420 g/mol. The maximum absolute atomic E-state index is 13.1. The van der Waals surface area contributed by atoms with Crippen molar-refractivity contribution in [3.63, 3.8) is 0 Å². The molecule has 4 heterocycles. The van der Waals surface area contributed by atoms with Gasteiger partial charge >= 0.3 is 0 Å². The van der Waals surface area contributed by atoms with Gasteiger partial charge in [-0.05, 0) is 25.1 Å². The summed E-state index contributed by atoms with van der Waals surface area (Å²) in [6.45, 7) is 5.00. The van der Waals surface area contributed by atoms with Crippen molar-refractivity contribution >= 4 is 38.4 Å². The van der Waals surface area contributed by atoms with Crippen LogP contribution in [0.15, 0.2) is 53.6 Å². The molecule has 1 fully saturated rings. The van der Waals surface area contributed by atoms with Crippen LogP contribution < -0.4 is 5.56 Å². The number of amides is 1. The van der Waals surface area contributed by atoms with Gasteiger partial charge < -0.3 is 9.88 Å². The molecule has 30 heavy (non-hydrogen) atoms. The number of hydrogen-bond acceptors (Lipinski definition) is 6. The van der Waals surface area contributed by atoms with Crippen LogP contribution in [0.25, 0.3) is 21.1 Å². The van der Waals surface area contributed by atoms with Crippen molar-refractivity contribution < 1.29 is 4.79 Å². The van der Waals surface area contributed by atoms with Crippen molar-refractivity contribution in [1.82, 2.24) is 24.8 Å². The number of thiazole rings is 1. The number of aromatic nitrogens is 3. The molecule has 8 heteroatoms. The number of carbonyl (C=O) groups is 1. The summed E-state index contributed by atoms with van der Waals surface area (Å²) in [4.78, 5) is 40.9.